The summed E-state index contributed by atoms with van der Waals surface area (Å²) in [5.41, 5.74) is 0. The highest BCUT2D eigenvalue weighted by atomic mass is 16.3. The highest BCUT2D eigenvalue weighted by Gasteiger charge is 2.26. The molecule has 0 amide bonds. The third kappa shape index (κ3) is 2.13. The number of nitrogens with one attached hydrogen (secondary N) is 1. The normalized spacial score (nSPS) is 39.0. The van der Waals surface area contributed by atoms with E-state index >= 15 is 0 Å². The zero-order valence-corrected chi connectivity index (χ0v) is 6.40. The van der Waals surface area contributed by atoms with Gasteiger partial charge in [-0.1, -0.05) is 0 Å². The number of aliphatic hydroxyl groups excluding tert-OH is 3. The van der Waals surface area contributed by atoms with Crippen molar-refractivity contribution in [2.75, 3.05) is 13.2 Å². The van der Waals surface area contributed by atoms with E-state index in [1.54, 1.807) is 0 Å². The number of rotatable bonds is 2. The minimum absolute atomic E-state index is 0.0375. The number of hydrogen-bond donors (Lipinski definition) is 4. The molecule has 0 aromatic heterocycles. The van der Waals surface area contributed by atoms with Gasteiger partial charge in [-0.05, 0) is 12.8 Å². The van der Waals surface area contributed by atoms with Crippen LogP contribution in [0, 0.1) is 0 Å². The van der Waals surface area contributed by atoms with E-state index in [-0.39, 0.29) is 25.3 Å². The fourth-order valence-electron chi connectivity index (χ4n) is 1.39. The van der Waals surface area contributed by atoms with Crippen LogP contribution in [0.25, 0.3) is 0 Å². The number of piperidine rings is 1. The second kappa shape index (κ2) is 4.01. The van der Waals surface area contributed by atoms with E-state index in [9.17, 15) is 5.11 Å². The van der Waals surface area contributed by atoms with E-state index in [2.05, 4.69) is 5.32 Å². The van der Waals surface area contributed by atoms with Gasteiger partial charge in [0.25, 0.3) is 0 Å². The Morgan fingerprint density at radius 2 is 1.91 bits per heavy atom. The second-order valence-electron chi connectivity index (χ2n) is 2.98. The summed E-state index contributed by atoms with van der Waals surface area (Å²) >= 11 is 0. The number of hydrogen-bond acceptors (Lipinski definition) is 4. The molecule has 4 N–H and O–H groups in total. The Bertz CT molecular complexity index is 120. The first-order valence-electron chi connectivity index (χ1n) is 3.93. The summed E-state index contributed by atoms with van der Waals surface area (Å²) in [4.78, 5) is 0. The van der Waals surface area contributed by atoms with Gasteiger partial charge in [-0.25, -0.2) is 0 Å². The molecule has 0 bridgehead atoms. The van der Waals surface area contributed by atoms with Gasteiger partial charge >= 0.3 is 0 Å². The van der Waals surface area contributed by atoms with E-state index in [4.69, 9.17) is 10.2 Å². The average Bonchev–Trinajstić information content (AvgIpc) is 2.05. The Balaban J connectivity index is 2.37. The van der Waals surface area contributed by atoms with Crippen LogP contribution in [-0.2, 0) is 0 Å². The largest absolute Gasteiger partial charge is 0.395 e. The van der Waals surface area contributed by atoms with Crippen molar-refractivity contribution in [2.45, 2.75) is 31.0 Å². The Hall–Kier alpha value is -0.160. The molecule has 0 aromatic rings. The Labute approximate surface area is 65.9 Å². The molecule has 1 rings (SSSR count). The Morgan fingerprint density at radius 3 is 2.45 bits per heavy atom. The quantitative estimate of drug-likeness (QED) is 0.396. The molecule has 3 atom stereocenters. The van der Waals surface area contributed by atoms with Crippen LogP contribution >= 0.6 is 0 Å². The van der Waals surface area contributed by atoms with Gasteiger partial charge in [-0.2, -0.15) is 0 Å². The van der Waals surface area contributed by atoms with Crippen molar-refractivity contribution >= 4 is 0 Å². The zero-order valence-electron chi connectivity index (χ0n) is 6.40. The van der Waals surface area contributed by atoms with Crippen LogP contribution in [0.5, 0.6) is 0 Å². The molecule has 11 heavy (non-hydrogen) atoms. The van der Waals surface area contributed by atoms with Crippen LogP contribution in [0.1, 0.15) is 12.8 Å². The summed E-state index contributed by atoms with van der Waals surface area (Å²) in [6.07, 6.45) is 0.959. The van der Waals surface area contributed by atoms with Crippen molar-refractivity contribution < 1.29 is 15.3 Å². The lowest BCUT2D eigenvalue weighted by Crippen LogP contribution is -2.53. The maximum atomic E-state index is 9.28. The summed E-state index contributed by atoms with van der Waals surface area (Å²) < 4.78 is 0. The summed E-state index contributed by atoms with van der Waals surface area (Å²) in [7, 11) is 0. The van der Waals surface area contributed by atoms with Gasteiger partial charge in [0.2, 0.25) is 0 Å². The molecule has 0 saturated carbocycles. The molecule has 1 heterocycles. The zero-order chi connectivity index (χ0) is 8.27. The molecule has 1 fully saturated rings. The average molecular weight is 161 g/mol. The van der Waals surface area contributed by atoms with Crippen molar-refractivity contribution in [1.82, 2.24) is 5.32 Å². The van der Waals surface area contributed by atoms with Gasteiger partial charge in [0.15, 0.2) is 0 Å². The predicted molar refractivity (Wildman–Crippen MR) is 40.1 cm³/mol. The fourth-order valence-corrected chi connectivity index (χ4v) is 1.39. The third-order valence-corrected chi connectivity index (χ3v) is 2.14. The monoisotopic (exact) mass is 161 g/mol. The lowest BCUT2D eigenvalue weighted by atomic mass is 9.97. The Kier molecular flexibility index (Phi) is 3.26. The predicted octanol–water partition coefficient (Wildman–Crippen LogP) is -1.55. The summed E-state index contributed by atoms with van der Waals surface area (Å²) in [5, 5.41) is 29.8. The SMILES string of the molecule is OC[C@@H]1CC[C@@H](O)[C@H](CO)N1. The number of aliphatic hydroxyl groups is 3. The van der Waals surface area contributed by atoms with Gasteiger partial charge in [0, 0.05) is 6.04 Å². The van der Waals surface area contributed by atoms with Crippen LogP contribution < -0.4 is 5.32 Å². The molecule has 4 heteroatoms. The minimum Gasteiger partial charge on any atom is -0.395 e. The van der Waals surface area contributed by atoms with Crippen molar-refractivity contribution in [3.05, 3.63) is 0 Å². The van der Waals surface area contributed by atoms with Crippen molar-refractivity contribution in [2.24, 2.45) is 0 Å². The third-order valence-electron chi connectivity index (χ3n) is 2.14. The van der Waals surface area contributed by atoms with Crippen LogP contribution in [0.4, 0.5) is 0 Å². The molecule has 4 nitrogen and oxygen atoms in total. The highest BCUT2D eigenvalue weighted by molar-refractivity contribution is 4.85. The molecule has 1 aliphatic heterocycles. The maximum Gasteiger partial charge on any atom is 0.0716 e. The summed E-state index contributed by atoms with van der Waals surface area (Å²) in [5.74, 6) is 0. The lowest BCUT2D eigenvalue weighted by Gasteiger charge is -2.32. The first-order chi connectivity index (χ1) is 5.27. The van der Waals surface area contributed by atoms with Gasteiger partial charge in [-0.15, -0.1) is 0 Å². The van der Waals surface area contributed by atoms with Crippen LogP contribution in [-0.4, -0.2) is 46.7 Å². The Morgan fingerprint density at radius 1 is 1.18 bits per heavy atom. The van der Waals surface area contributed by atoms with Crippen molar-refractivity contribution in [1.29, 1.82) is 0 Å². The minimum atomic E-state index is -0.470. The van der Waals surface area contributed by atoms with Crippen LogP contribution in [0.15, 0.2) is 0 Å². The highest BCUT2D eigenvalue weighted by Crippen LogP contribution is 2.12. The van der Waals surface area contributed by atoms with E-state index in [0.717, 1.165) is 6.42 Å². The fraction of sp³-hybridized carbons (Fsp3) is 1.00. The lowest BCUT2D eigenvalue weighted by molar-refractivity contribution is 0.0395. The standard InChI is InChI=1S/C7H15NO3/c9-3-5-1-2-7(11)6(4-10)8-5/h5-11H,1-4H2/t5-,6-,7+/m0/s1. The molecule has 0 spiro atoms. The van der Waals surface area contributed by atoms with Gasteiger partial charge in [0.1, 0.15) is 0 Å². The topological polar surface area (TPSA) is 72.7 Å². The molecule has 1 saturated heterocycles. The van der Waals surface area contributed by atoms with Crippen LogP contribution in [0.2, 0.25) is 0 Å². The van der Waals surface area contributed by atoms with Crippen molar-refractivity contribution in [3.63, 3.8) is 0 Å². The van der Waals surface area contributed by atoms with Crippen LogP contribution in [0.3, 0.4) is 0 Å². The van der Waals surface area contributed by atoms with E-state index in [1.807, 2.05) is 0 Å². The smallest absolute Gasteiger partial charge is 0.0716 e. The molecule has 0 aromatic carbocycles. The summed E-state index contributed by atoms with van der Waals surface area (Å²) in [6, 6.07) is -0.226. The van der Waals surface area contributed by atoms with Gasteiger partial charge in [0.05, 0.1) is 25.4 Å². The van der Waals surface area contributed by atoms with E-state index in [0.29, 0.717) is 6.42 Å². The molecular formula is C7H15NO3. The first kappa shape index (κ1) is 8.93. The van der Waals surface area contributed by atoms with Gasteiger partial charge < -0.3 is 20.6 Å². The van der Waals surface area contributed by atoms with Gasteiger partial charge in [-0.3, -0.25) is 0 Å². The summed E-state index contributed by atoms with van der Waals surface area (Å²) in [6.45, 7) is 0.000880. The maximum absolute atomic E-state index is 9.28. The molecule has 0 unspecified atom stereocenters. The first-order valence-corrected chi connectivity index (χ1v) is 3.93. The molecule has 0 aliphatic carbocycles. The van der Waals surface area contributed by atoms with E-state index in [1.165, 1.54) is 0 Å². The molecular weight excluding hydrogens is 146 g/mol. The second-order valence-corrected chi connectivity index (χ2v) is 2.98. The molecule has 0 radical (unpaired) electrons. The van der Waals surface area contributed by atoms with Crippen molar-refractivity contribution in [3.8, 4) is 0 Å². The molecule has 1 aliphatic rings. The molecule has 66 valence electrons. The van der Waals surface area contributed by atoms with E-state index < -0.39 is 6.10 Å².